The number of anilines is 2. The van der Waals surface area contributed by atoms with Crippen LogP contribution in [-0.4, -0.2) is 163 Å². The lowest BCUT2D eigenvalue weighted by molar-refractivity contribution is -0.137. The molecule has 6 aromatic rings. The van der Waals surface area contributed by atoms with Crippen molar-refractivity contribution in [3.8, 4) is 28.5 Å². The number of alkyl carbamates (subject to hydrolysis) is 1. The molecule has 7 rings (SSSR count). The Labute approximate surface area is 505 Å². The third-order valence-corrected chi connectivity index (χ3v) is 13.0. The van der Waals surface area contributed by atoms with Crippen LogP contribution in [0.25, 0.3) is 33.7 Å². The zero-order valence-electron chi connectivity index (χ0n) is 48.9. The van der Waals surface area contributed by atoms with Crippen LogP contribution in [0.1, 0.15) is 50.2 Å². The lowest BCUT2D eigenvalue weighted by Gasteiger charge is -2.25. The standard InChI is InChI=1S/C60H71F2N13O13/c1-37(2)54(74-50(76)17-21-83-24-26-85-28-29-86-27-25-84-23-20-75-52(77)15-16-53(75)78)58(80)71-47(8-5-18-64-59(63)81)57(79)69-43-12-9-39(10-13-43)36-88-60(82)65-19-22-87-51-35-67-45-14-11-40(30-48(45)70-51)55-56(46-7-4-6-38(3)68-46)73-49(72-55)34-66-44-32-41(61)31-42(62)33-44/h4,6-7,9-16,30-33,35,37,47,54,66H,5,8,17-29,34,36H2,1-3H3,(H,65,82)(H,69,79)(H,71,80)(H,72,73)(H,74,76)(H3,63,64,81). The van der Waals surface area contributed by atoms with Crippen LogP contribution < -0.4 is 42.4 Å². The lowest BCUT2D eigenvalue weighted by atomic mass is 10.0. The summed E-state index contributed by atoms with van der Waals surface area (Å²) in [5.41, 5.74) is 10.8. The molecular weight excluding hydrogens is 1150 g/mol. The van der Waals surface area contributed by atoms with Crippen molar-refractivity contribution < 1.29 is 70.8 Å². The first-order chi connectivity index (χ1) is 42.5. The first-order valence-electron chi connectivity index (χ1n) is 28.4. The maximum atomic E-state index is 13.9. The molecule has 2 unspecified atom stereocenters. The number of imidazole rings is 1. The number of fused-ring (bicyclic) bond motifs is 1. The van der Waals surface area contributed by atoms with Crippen molar-refractivity contribution in [3.63, 3.8) is 0 Å². The van der Waals surface area contributed by atoms with Gasteiger partial charge in [-0.3, -0.25) is 33.9 Å². The molecule has 88 heavy (non-hydrogen) atoms. The monoisotopic (exact) mass is 1220 g/mol. The highest BCUT2D eigenvalue weighted by atomic mass is 19.1. The Bertz CT molecular complexity index is 3350. The Morgan fingerprint density at radius 1 is 0.716 bits per heavy atom. The van der Waals surface area contributed by atoms with Crippen molar-refractivity contribution >= 4 is 64.1 Å². The number of carbonyl (C=O) groups is 7. The summed E-state index contributed by atoms with van der Waals surface area (Å²) >= 11 is 0. The molecule has 0 saturated carbocycles. The summed E-state index contributed by atoms with van der Waals surface area (Å²) in [6, 6.07) is 17.9. The molecule has 3 aromatic carbocycles. The van der Waals surface area contributed by atoms with Crippen molar-refractivity contribution in [1.82, 2.24) is 51.1 Å². The highest BCUT2D eigenvalue weighted by Crippen LogP contribution is 2.32. The Morgan fingerprint density at radius 2 is 1.41 bits per heavy atom. The highest BCUT2D eigenvalue weighted by molar-refractivity contribution is 6.12. The molecule has 2 atom stereocenters. The molecule has 9 N–H and O–H groups in total. The number of ether oxygens (including phenoxy) is 6. The van der Waals surface area contributed by atoms with Gasteiger partial charge in [0.1, 0.15) is 48.5 Å². The maximum Gasteiger partial charge on any atom is 0.407 e. The Hall–Kier alpha value is -9.51. The van der Waals surface area contributed by atoms with E-state index in [4.69, 9.17) is 39.1 Å². The van der Waals surface area contributed by atoms with E-state index in [-0.39, 0.29) is 121 Å². The summed E-state index contributed by atoms with van der Waals surface area (Å²) in [4.78, 5) is 110. The van der Waals surface area contributed by atoms with Crippen molar-refractivity contribution in [3.05, 3.63) is 126 Å². The van der Waals surface area contributed by atoms with Gasteiger partial charge in [-0.15, -0.1) is 0 Å². The van der Waals surface area contributed by atoms with E-state index in [1.807, 2.05) is 37.3 Å². The lowest BCUT2D eigenvalue weighted by Crippen LogP contribution is -2.54. The normalized spacial score (nSPS) is 12.7. The molecule has 28 heteroatoms. The number of imide groups is 1. The number of nitrogens with one attached hydrogen (secondary N) is 7. The molecule has 0 saturated heterocycles. The number of hydrogen-bond acceptors (Lipinski definition) is 18. The van der Waals surface area contributed by atoms with Gasteiger partial charge in [-0.25, -0.2) is 33.3 Å². The number of nitrogens with two attached hydrogens (primary N) is 1. The van der Waals surface area contributed by atoms with E-state index >= 15 is 0 Å². The molecule has 0 bridgehead atoms. The third kappa shape index (κ3) is 21.5. The van der Waals surface area contributed by atoms with Crippen LogP contribution in [0, 0.1) is 24.5 Å². The second-order valence-electron chi connectivity index (χ2n) is 20.2. The number of urea groups is 1. The molecule has 26 nitrogen and oxygen atoms in total. The fourth-order valence-electron chi connectivity index (χ4n) is 8.62. The van der Waals surface area contributed by atoms with Gasteiger partial charge in [-0.1, -0.05) is 38.1 Å². The van der Waals surface area contributed by atoms with Gasteiger partial charge >= 0.3 is 12.1 Å². The van der Waals surface area contributed by atoms with E-state index < -0.39 is 53.6 Å². The Morgan fingerprint density at radius 3 is 2.09 bits per heavy atom. The van der Waals surface area contributed by atoms with Gasteiger partial charge in [0.15, 0.2) is 0 Å². The summed E-state index contributed by atoms with van der Waals surface area (Å²) < 4.78 is 60.8. The number of aromatic amines is 1. The minimum atomic E-state index is -1.08. The smallest absolute Gasteiger partial charge is 0.407 e. The molecule has 1 aliphatic rings. The van der Waals surface area contributed by atoms with Gasteiger partial charge in [-0.05, 0) is 79.8 Å². The maximum absolute atomic E-state index is 13.9. The number of amides is 8. The number of nitrogens with zero attached hydrogens (tertiary/aromatic N) is 5. The highest BCUT2D eigenvalue weighted by Gasteiger charge is 2.29. The van der Waals surface area contributed by atoms with Crippen LogP contribution in [0.3, 0.4) is 0 Å². The molecule has 0 radical (unpaired) electrons. The van der Waals surface area contributed by atoms with Gasteiger partial charge in [0.25, 0.3) is 11.8 Å². The number of H-pyrrole nitrogens is 1. The predicted molar refractivity (Wildman–Crippen MR) is 317 cm³/mol. The number of pyridine rings is 1. The molecule has 3 aromatic heterocycles. The number of rotatable bonds is 36. The summed E-state index contributed by atoms with van der Waals surface area (Å²) in [7, 11) is 0. The number of aryl methyl sites for hydroxylation is 1. The van der Waals surface area contributed by atoms with E-state index in [1.54, 1.807) is 44.2 Å². The number of hydrogen-bond donors (Lipinski definition) is 8. The minimum Gasteiger partial charge on any atom is -0.475 e. The first-order valence-corrected chi connectivity index (χ1v) is 28.4. The quantitative estimate of drug-likeness (QED) is 0.0190. The SMILES string of the molecule is Cc1cccc(-c2nc(CNc3cc(F)cc(F)c3)[nH]c2-c2ccc3ncc(OCCNC(=O)OCc4ccc(NC(=O)C(CCCNC(N)=O)NC(=O)C(NC(=O)CCOCCOCCOCCOCCN5C(=O)C=CC5=O)C(C)C)cc4)nc3c2)n1. The van der Waals surface area contributed by atoms with Crippen LogP contribution >= 0.6 is 0 Å². The Kier molecular flexibility index (Phi) is 25.5. The summed E-state index contributed by atoms with van der Waals surface area (Å²) in [6.45, 7) is 7.67. The Balaban J connectivity index is 0.808. The van der Waals surface area contributed by atoms with E-state index in [9.17, 15) is 42.3 Å². The van der Waals surface area contributed by atoms with Crippen LogP contribution in [0.2, 0.25) is 0 Å². The summed E-state index contributed by atoms with van der Waals surface area (Å²) in [5, 5.41) is 16.4. The fourth-order valence-corrected chi connectivity index (χ4v) is 8.62. The second kappa shape index (κ2) is 34.0. The van der Waals surface area contributed by atoms with Crippen molar-refractivity contribution in [1.29, 1.82) is 0 Å². The minimum absolute atomic E-state index is 0.0266. The van der Waals surface area contributed by atoms with E-state index in [0.717, 1.165) is 16.7 Å². The fraction of sp³-hybridized carbons (Fsp3) is 0.383. The van der Waals surface area contributed by atoms with Gasteiger partial charge in [0.05, 0.1) is 101 Å². The average molecular weight is 1220 g/mol. The van der Waals surface area contributed by atoms with E-state index in [0.29, 0.717) is 70.6 Å². The molecular formula is C60H71F2N13O13. The van der Waals surface area contributed by atoms with Gasteiger partial charge in [0.2, 0.25) is 23.6 Å². The largest absolute Gasteiger partial charge is 0.475 e. The van der Waals surface area contributed by atoms with E-state index in [1.165, 1.54) is 30.5 Å². The van der Waals surface area contributed by atoms with Crippen molar-refractivity contribution in [2.75, 3.05) is 89.7 Å². The average Bonchev–Trinajstić information content (AvgIpc) is 3.53. The van der Waals surface area contributed by atoms with Gasteiger partial charge < -0.3 is 71.0 Å². The number of aromatic nitrogens is 5. The van der Waals surface area contributed by atoms with Crippen LogP contribution in [0.5, 0.6) is 5.88 Å². The molecule has 1 aliphatic heterocycles. The third-order valence-electron chi connectivity index (χ3n) is 13.0. The molecule has 8 amide bonds. The van der Waals surface area contributed by atoms with Crippen LogP contribution in [0.15, 0.2) is 97.2 Å². The molecule has 468 valence electrons. The number of primary amides is 1. The summed E-state index contributed by atoms with van der Waals surface area (Å²) in [5.74, 6) is -3.43. The van der Waals surface area contributed by atoms with Crippen molar-refractivity contribution in [2.45, 2.75) is 65.3 Å². The van der Waals surface area contributed by atoms with E-state index in [2.05, 4.69) is 51.8 Å². The van der Waals surface area contributed by atoms with Crippen LogP contribution in [0.4, 0.5) is 29.7 Å². The molecule has 0 spiro atoms. The predicted octanol–water partition coefficient (Wildman–Crippen LogP) is 4.98. The molecule has 4 heterocycles. The summed E-state index contributed by atoms with van der Waals surface area (Å²) in [6.07, 6.45) is 3.52. The number of benzene rings is 3. The van der Waals surface area contributed by atoms with Crippen molar-refractivity contribution in [2.24, 2.45) is 11.7 Å². The number of carbonyl (C=O) groups excluding carboxylic acids is 7. The molecule has 0 fully saturated rings. The van der Waals surface area contributed by atoms with Crippen LogP contribution in [-0.2, 0) is 60.8 Å². The first kappa shape index (κ1) is 66.0. The zero-order valence-corrected chi connectivity index (χ0v) is 48.9. The zero-order chi connectivity index (χ0) is 62.8. The van der Waals surface area contributed by atoms with Gasteiger partial charge in [-0.2, -0.15) is 0 Å². The van der Waals surface area contributed by atoms with Gasteiger partial charge in [0, 0.05) is 53.8 Å². The number of halogens is 2. The topological polar surface area (TPSA) is 344 Å². The molecule has 0 aliphatic carbocycles. The second-order valence-corrected chi connectivity index (χ2v) is 20.2.